The Hall–Kier alpha value is -0.120. The van der Waals surface area contributed by atoms with E-state index in [4.69, 9.17) is 0 Å². The van der Waals surface area contributed by atoms with Crippen LogP contribution in [-0.4, -0.2) is 61.7 Å². The zero-order valence-electron chi connectivity index (χ0n) is 11.9. The number of rotatable bonds is 4. The topological polar surface area (TPSA) is 18.5 Å². The second-order valence-corrected chi connectivity index (χ2v) is 6.53. The van der Waals surface area contributed by atoms with Crippen LogP contribution in [0.3, 0.4) is 0 Å². The van der Waals surface area contributed by atoms with E-state index in [2.05, 4.69) is 22.2 Å². The Bertz CT molecular complexity index is 262. The lowest BCUT2D eigenvalue weighted by molar-refractivity contribution is 0.211. The largest absolute Gasteiger partial charge is 0.317 e. The highest BCUT2D eigenvalue weighted by atomic mass is 15.3. The van der Waals surface area contributed by atoms with Crippen molar-refractivity contribution in [3.8, 4) is 0 Å². The van der Waals surface area contributed by atoms with Crippen LogP contribution in [0.25, 0.3) is 0 Å². The first kappa shape index (κ1) is 12.9. The first-order chi connectivity index (χ1) is 8.86. The minimum Gasteiger partial charge on any atom is -0.317 e. The Balaban J connectivity index is 1.47. The van der Waals surface area contributed by atoms with Gasteiger partial charge in [-0.3, -0.25) is 4.90 Å². The van der Waals surface area contributed by atoms with Crippen molar-refractivity contribution in [3.05, 3.63) is 0 Å². The molecule has 3 heteroatoms. The minimum atomic E-state index is 0.788. The van der Waals surface area contributed by atoms with E-state index >= 15 is 0 Å². The fourth-order valence-electron chi connectivity index (χ4n) is 4.35. The highest BCUT2D eigenvalue weighted by Crippen LogP contribution is 2.28. The van der Waals surface area contributed by atoms with Gasteiger partial charge in [-0.15, -0.1) is 0 Å². The third-order valence-corrected chi connectivity index (χ3v) is 5.43. The number of hydrogen-bond acceptors (Lipinski definition) is 3. The molecule has 0 spiro atoms. The van der Waals surface area contributed by atoms with Crippen LogP contribution in [0.1, 0.15) is 38.5 Å². The van der Waals surface area contributed by atoms with Gasteiger partial charge in [0.2, 0.25) is 0 Å². The van der Waals surface area contributed by atoms with E-state index in [1.165, 1.54) is 71.2 Å². The van der Waals surface area contributed by atoms with Gasteiger partial charge in [-0.2, -0.15) is 0 Å². The normalized spacial score (nSPS) is 38.8. The highest BCUT2D eigenvalue weighted by molar-refractivity contribution is 4.90. The van der Waals surface area contributed by atoms with Gasteiger partial charge in [0.15, 0.2) is 0 Å². The van der Waals surface area contributed by atoms with Crippen molar-refractivity contribution in [2.24, 2.45) is 5.92 Å². The Morgan fingerprint density at radius 2 is 1.83 bits per heavy atom. The van der Waals surface area contributed by atoms with E-state index in [-0.39, 0.29) is 0 Å². The van der Waals surface area contributed by atoms with Crippen LogP contribution >= 0.6 is 0 Å². The van der Waals surface area contributed by atoms with Crippen LogP contribution in [0.15, 0.2) is 0 Å². The fourth-order valence-corrected chi connectivity index (χ4v) is 4.35. The molecule has 0 aromatic heterocycles. The van der Waals surface area contributed by atoms with Crippen LogP contribution in [0.5, 0.6) is 0 Å². The molecule has 3 unspecified atom stereocenters. The Morgan fingerprint density at radius 3 is 2.61 bits per heavy atom. The summed E-state index contributed by atoms with van der Waals surface area (Å²) in [6.07, 6.45) is 8.54. The van der Waals surface area contributed by atoms with E-state index < -0.39 is 0 Å². The van der Waals surface area contributed by atoms with Gasteiger partial charge in [0.1, 0.15) is 0 Å². The molecule has 3 fully saturated rings. The van der Waals surface area contributed by atoms with Crippen molar-refractivity contribution in [1.29, 1.82) is 0 Å². The second kappa shape index (κ2) is 5.89. The summed E-state index contributed by atoms with van der Waals surface area (Å²) in [5, 5.41) is 3.52. The van der Waals surface area contributed by atoms with Crippen LogP contribution in [-0.2, 0) is 0 Å². The van der Waals surface area contributed by atoms with Gasteiger partial charge < -0.3 is 10.2 Å². The molecule has 18 heavy (non-hydrogen) atoms. The first-order valence-electron chi connectivity index (χ1n) is 8.00. The zero-order valence-corrected chi connectivity index (χ0v) is 11.9. The van der Waals surface area contributed by atoms with Gasteiger partial charge in [0.25, 0.3) is 0 Å². The van der Waals surface area contributed by atoms with Crippen LogP contribution in [0, 0.1) is 5.92 Å². The molecular weight excluding hydrogens is 222 g/mol. The molecule has 1 saturated carbocycles. The first-order valence-corrected chi connectivity index (χ1v) is 8.00. The van der Waals surface area contributed by atoms with E-state index in [9.17, 15) is 0 Å². The molecule has 104 valence electrons. The van der Waals surface area contributed by atoms with Crippen molar-refractivity contribution in [3.63, 3.8) is 0 Å². The maximum Gasteiger partial charge on any atom is 0.0235 e. The van der Waals surface area contributed by atoms with Crippen molar-refractivity contribution < 1.29 is 0 Å². The standard InChI is InChI=1S/C15H29N3/c1-16-15-6-4-5-13(15)11-17-10-7-14(12-17)18-8-2-3-9-18/h13-16H,2-12H2,1H3. The van der Waals surface area contributed by atoms with Crippen molar-refractivity contribution in [2.75, 3.05) is 39.8 Å². The quantitative estimate of drug-likeness (QED) is 0.818. The Labute approximate surface area is 112 Å². The molecule has 1 N–H and O–H groups in total. The zero-order chi connectivity index (χ0) is 12.4. The van der Waals surface area contributed by atoms with Crippen molar-refractivity contribution in [2.45, 2.75) is 50.6 Å². The third-order valence-electron chi connectivity index (χ3n) is 5.43. The lowest BCUT2D eigenvalue weighted by Gasteiger charge is -2.27. The van der Waals surface area contributed by atoms with E-state index in [0.29, 0.717) is 0 Å². The predicted octanol–water partition coefficient (Wildman–Crippen LogP) is 1.54. The van der Waals surface area contributed by atoms with Gasteiger partial charge in [-0.05, 0) is 64.7 Å². The molecule has 0 radical (unpaired) electrons. The van der Waals surface area contributed by atoms with Gasteiger partial charge in [-0.25, -0.2) is 0 Å². The minimum absolute atomic E-state index is 0.788. The van der Waals surface area contributed by atoms with Crippen LogP contribution in [0.4, 0.5) is 0 Å². The van der Waals surface area contributed by atoms with Crippen LogP contribution < -0.4 is 5.32 Å². The van der Waals surface area contributed by atoms with Gasteiger partial charge in [0, 0.05) is 25.2 Å². The molecule has 2 heterocycles. The summed E-state index contributed by atoms with van der Waals surface area (Å²) >= 11 is 0. The summed E-state index contributed by atoms with van der Waals surface area (Å²) in [6.45, 7) is 6.75. The average Bonchev–Trinajstić information content (AvgIpc) is 3.10. The van der Waals surface area contributed by atoms with Crippen LogP contribution in [0.2, 0.25) is 0 Å². The van der Waals surface area contributed by atoms with Gasteiger partial charge in [0.05, 0.1) is 0 Å². The molecule has 0 amide bonds. The number of likely N-dealkylation sites (tertiary alicyclic amines) is 2. The van der Waals surface area contributed by atoms with Crippen molar-refractivity contribution in [1.82, 2.24) is 15.1 Å². The monoisotopic (exact) mass is 251 g/mol. The van der Waals surface area contributed by atoms with E-state index in [1.54, 1.807) is 0 Å². The summed E-state index contributed by atoms with van der Waals surface area (Å²) in [5.41, 5.74) is 0. The number of hydrogen-bond donors (Lipinski definition) is 1. The SMILES string of the molecule is CNC1CCCC1CN1CCC(N2CCCC2)C1. The van der Waals surface area contributed by atoms with Crippen molar-refractivity contribution >= 4 is 0 Å². The number of nitrogens with zero attached hydrogens (tertiary/aromatic N) is 2. The molecule has 2 saturated heterocycles. The smallest absolute Gasteiger partial charge is 0.0235 e. The summed E-state index contributed by atoms with van der Waals surface area (Å²) in [6, 6.07) is 1.66. The summed E-state index contributed by atoms with van der Waals surface area (Å²) in [7, 11) is 2.14. The van der Waals surface area contributed by atoms with Gasteiger partial charge >= 0.3 is 0 Å². The van der Waals surface area contributed by atoms with Gasteiger partial charge in [-0.1, -0.05) is 6.42 Å². The van der Waals surface area contributed by atoms with E-state index in [1.807, 2.05) is 0 Å². The molecule has 0 aromatic rings. The third kappa shape index (κ3) is 2.73. The summed E-state index contributed by atoms with van der Waals surface area (Å²) in [5.74, 6) is 0.910. The molecule has 3 nitrogen and oxygen atoms in total. The Kier molecular flexibility index (Phi) is 4.22. The lowest BCUT2D eigenvalue weighted by Crippen LogP contribution is -2.39. The Morgan fingerprint density at radius 1 is 1.00 bits per heavy atom. The fraction of sp³-hybridized carbons (Fsp3) is 1.00. The molecular formula is C15H29N3. The summed E-state index contributed by atoms with van der Waals surface area (Å²) in [4.78, 5) is 5.48. The van der Waals surface area contributed by atoms with E-state index in [0.717, 1.165) is 18.0 Å². The average molecular weight is 251 g/mol. The molecule has 1 aliphatic carbocycles. The molecule has 2 aliphatic heterocycles. The molecule has 3 atom stereocenters. The maximum absolute atomic E-state index is 3.52. The number of nitrogens with one attached hydrogen (secondary N) is 1. The molecule has 0 aromatic carbocycles. The lowest BCUT2D eigenvalue weighted by atomic mass is 10.0. The summed E-state index contributed by atoms with van der Waals surface area (Å²) < 4.78 is 0. The second-order valence-electron chi connectivity index (χ2n) is 6.53. The maximum atomic E-state index is 3.52. The highest BCUT2D eigenvalue weighted by Gasteiger charge is 2.33. The molecule has 3 aliphatic rings. The molecule has 3 rings (SSSR count). The molecule has 0 bridgehead atoms. The predicted molar refractivity (Wildman–Crippen MR) is 75.8 cm³/mol.